The van der Waals surface area contributed by atoms with E-state index in [1.807, 2.05) is 0 Å². The van der Waals surface area contributed by atoms with Crippen molar-refractivity contribution in [2.24, 2.45) is 11.8 Å². The molecule has 2 aliphatic rings. The Labute approximate surface area is 211 Å². The predicted molar refractivity (Wildman–Crippen MR) is 128 cm³/mol. The molecule has 2 aromatic rings. The smallest absolute Gasteiger partial charge is 0.272 e. The van der Waals surface area contributed by atoms with Crippen LogP contribution in [-0.2, 0) is 16.1 Å². The molecule has 33 heavy (non-hydrogen) atoms. The molecule has 1 aliphatic carbocycles. The van der Waals surface area contributed by atoms with Crippen LogP contribution in [0, 0.1) is 22.0 Å². The molecule has 2 fully saturated rings. The second-order valence-corrected chi connectivity index (χ2v) is 10.7. The summed E-state index contributed by atoms with van der Waals surface area (Å²) in [5, 5.41) is 13.5. The predicted octanol–water partition coefficient (Wildman–Crippen LogP) is 4.73. The minimum absolute atomic E-state index is 0.00150. The van der Waals surface area contributed by atoms with E-state index in [0.29, 0.717) is 12.8 Å². The van der Waals surface area contributed by atoms with Crippen molar-refractivity contribution in [1.29, 1.82) is 0 Å². The van der Waals surface area contributed by atoms with Gasteiger partial charge in [-0.1, -0.05) is 73.8 Å². The number of imide groups is 1. The molecule has 11 heteroatoms. The van der Waals surface area contributed by atoms with Gasteiger partial charge < -0.3 is 0 Å². The summed E-state index contributed by atoms with van der Waals surface area (Å²) < 4.78 is 0. The van der Waals surface area contributed by atoms with Gasteiger partial charge in [0, 0.05) is 15.7 Å². The van der Waals surface area contributed by atoms with E-state index in [9.17, 15) is 24.5 Å². The quantitative estimate of drug-likeness (QED) is 0.214. The number of rotatable bonds is 5. The van der Waals surface area contributed by atoms with Crippen molar-refractivity contribution in [3.8, 4) is 0 Å². The van der Waals surface area contributed by atoms with Gasteiger partial charge in [-0.25, -0.2) is 5.01 Å². The summed E-state index contributed by atoms with van der Waals surface area (Å²) in [5.41, 5.74) is 0.0621. The molecule has 0 spiro atoms. The van der Waals surface area contributed by atoms with Crippen LogP contribution < -0.4 is 0 Å². The average molecular weight is 600 g/mol. The second kappa shape index (κ2) is 9.52. The molecule has 1 aliphatic heterocycles. The van der Waals surface area contributed by atoms with Gasteiger partial charge in [-0.3, -0.25) is 24.5 Å². The largest absolute Gasteiger partial charge is 0.274 e. The van der Waals surface area contributed by atoms with E-state index in [1.165, 1.54) is 30.3 Å². The van der Waals surface area contributed by atoms with Crippen LogP contribution >= 0.6 is 43.5 Å². The van der Waals surface area contributed by atoms with E-state index in [0.717, 1.165) is 10.0 Å². The molecular formula is C22H18Br2ClN3O5. The summed E-state index contributed by atoms with van der Waals surface area (Å²) in [6.45, 7) is -0.340. The summed E-state index contributed by atoms with van der Waals surface area (Å²) in [6, 6.07) is 12.2. The van der Waals surface area contributed by atoms with Gasteiger partial charge in [0.05, 0.1) is 39.5 Å². The number of hydrogen-bond donors (Lipinski definition) is 0. The minimum Gasteiger partial charge on any atom is -0.272 e. The molecule has 1 saturated heterocycles. The van der Waals surface area contributed by atoms with Gasteiger partial charge in [-0.15, -0.1) is 0 Å². The Morgan fingerprint density at radius 1 is 1.03 bits per heavy atom. The molecule has 0 aromatic heterocycles. The fourth-order valence-electron chi connectivity index (χ4n) is 4.31. The van der Waals surface area contributed by atoms with Crippen molar-refractivity contribution in [3.63, 3.8) is 0 Å². The summed E-state index contributed by atoms with van der Waals surface area (Å²) in [6.07, 6.45) is 0.864. The molecule has 1 heterocycles. The number of nitro groups is 1. The van der Waals surface area contributed by atoms with Crippen LogP contribution in [-0.4, -0.2) is 42.3 Å². The van der Waals surface area contributed by atoms with E-state index < -0.39 is 34.5 Å². The van der Waals surface area contributed by atoms with Crippen molar-refractivity contribution in [2.45, 2.75) is 29.0 Å². The third kappa shape index (κ3) is 4.43. The third-order valence-electron chi connectivity index (χ3n) is 5.98. The van der Waals surface area contributed by atoms with Crippen LogP contribution in [0.1, 0.15) is 28.8 Å². The first-order valence-electron chi connectivity index (χ1n) is 10.1. The number of hydrogen-bond acceptors (Lipinski definition) is 5. The maximum absolute atomic E-state index is 13.6. The molecule has 0 radical (unpaired) electrons. The number of carbonyl (C=O) groups is 3. The van der Waals surface area contributed by atoms with Gasteiger partial charge in [-0.2, -0.15) is 5.01 Å². The lowest BCUT2D eigenvalue weighted by atomic mass is 9.81. The lowest BCUT2D eigenvalue weighted by Gasteiger charge is -2.30. The van der Waals surface area contributed by atoms with E-state index in [2.05, 4.69) is 31.9 Å². The summed E-state index contributed by atoms with van der Waals surface area (Å²) in [5.74, 6) is -2.84. The first-order chi connectivity index (χ1) is 15.7. The number of para-hydroxylation sites is 1. The molecule has 4 atom stereocenters. The number of hydrazine groups is 1. The Balaban J connectivity index is 1.77. The molecule has 0 N–H and O–H groups in total. The van der Waals surface area contributed by atoms with Crippen molar-refractivity contribution in [2.75, 3.05) is 0 Å². The lowest BCUT2D eigenvalue weighted by Crippen LogP contribution is -2.50. The van der Waals surface area contributed by atoms with Crippen molar-refractivity contribution in [3.05, 3.63) is 74.8 Å². The van der Waals surface area contributed by atoms with Crippen LogP contribution in [0.25, 0.3) is 0 Å². The van der Waals surface area contributed by atoms with E-state index in [4.69, 9.17) is 11.6 Å². The fraction of sp³-hybridized carbons (Fsp3) is 0.318. The minimum atomic E-state index is -0.690. The Kier molecular flexibility index (Phi) is 6.88. The molecule has 1 saturated carbocycles. The SMILES string of the molecule is O=C(c1ccccc1Cl)N(Cc1ccccc1[N+](=O)[O-])N1C(=O)[C@H]2C[C@H](Br)[C@@H](Br)C[C@H]2C1=O. The van der Waals surface area contributed by atoms with Crippen LogP contribution in [0.3, 0.4) is 0 Å². The van der Waals surface area contributed by atoms with E-state index in [-0.39, 0.29) is 38.0 Å². The van der Waals surface area contributed by atoms with Gasteiger partial charge in [0.1, 0.15) is 0 Å². The Morgan fingerprint density at radius 2 is 1.58 bits per heavy atom. The Morgan fingerprint density at radius 3 is 2.15 bits per heavy atom. The zero-order valence-electron chi connectivity index (χ0n) is 17.1. The molecule has 4 rings (SSSR count). The van der Waals surface area contributed by atoms with Gasteiger partial charge in [0.15, 0.2) is 0 Å². The molecule has 0 bridgehead atoms. The first-order valence-corrected chi connectivity index (χ1v) is 12.4. The highest BCUT2D eigenvalue weighted by molar-refractivity contribution is 9.12. The van der Waals surface area contributed by atoms with E-state index in [1.54, 1.807) is 18.2 Å². The number of halogens is 3. The topological polar surface area (TPSA) is 101 Å². The first kappa shape index (κ1) is 23.8. The normalized spacial score (nSPS) is 24.5. The summed E-state index contributed by atoms with van der Waals surface area (Å²) in [4.78, 5) is 51.3. The van der Waals surface area contributed by atoms with E-state index >= 15 is 0 Å². The molecule has 172 valence electrons. The highest BCUT2D eigenvalue weighted by atomic mass is 79.9. The maximum atomic E-state index is 13.6. The van der Waals surface area contributed by atoms with Gasteiger partial charge >= 0.3 is 0 Å². The highest BCUT2D eigenvalue weighted by Gasteiger charge is 2.54. The number of nitrogens with zero attached hydrogens (tertiary/aromatic N) is 3. The van der Waals surface area contributed by atoms with Crippen molar-refractivity contribution < 1.29 is 19.3 Å². The summed E-state index contributed by atoms with van der Waals surface area (Å²) >= 11 is 13.3. The number of fused-ring (bicyclic) bond motifs is 1. The molecule has 3 amide bonds. The van der Waals surface area contributed by atoms with Crippen molar-refractivity contribution >= 4 is 66.9 Å². The highest BCUT2D eigenvalue weighted by Crippen LogP contribution is 2.44. The third-order valence-corrected chi connectivity index (χ3v) is 9.04. The Hall–Kier alpha value is -2.30. The van der Waals surface area contributed by atoms with Crippen LogP contribution in [0.2, 0.25) is 5.02 Å². The monoisotopic (exact) mass is 597 g/mol. The average Bonchev–Trinajstić information content (AvgIpc) is 3.02. The molecular weight excluding hydrogens is 582 g/mol. The zero-order valence-corrected chi connectivity index (χ0v) is 21.0. The zero-order chi connectivity index (χ0) is 23.9. The number of carbonyl (C=O) groups excluding carboxylic acids is 3. The van der Waals surface area contributed by atoms with Gasteiger partial charge in [0.25, 0.3) is 23.4 Å². The van der Waals surface area contributed by atoms with Crippen LogP contribution in [0.4, 0.5) is 5.69 Å². The number of amides is 3. The standard InChI is InChI=1S/C22H18Br2ClN3O5/c23-16-9-14-15(10-17(16)24)22(31)27(21(14)30)26(20(29)13-6-2-3-7-18(13)25)11-12-5-1-4-8-19(12)28(32)33/h1-8,14-17H,9-11H2/t14-,15+,16-,17-/m0/s1. The summed E-state index contributed by atoms with van der Waals surface area (Å²) in [7, 11) is 0. The fourth-order valence-corrected chi connectivity index (χ4v) is 5.76. The van der Waals surface area contributed by atoms with Crippen molar-refractivity contribution in [1.82, 2.24) is 10.0 Å². The number of alkyl halides is 2. The molecule has 2 aromatic carbocycles. The maximum Gasteiger partial charge on any atom is 0.274 e. The Bertz CT molecular complexity index is 1120. The van der Waals surface area contributed by atoms with Gasteiger partial charge in [-0.05, 0) is 25.0 Å². The van der Waals surface area contributed by atoms with Crippen LogP contribution in [0.15, 0.2) is 48.5 Å². The molecule has 8 nitrogen and oxygen atoms in total. The lowest BCUT2D eigenvalue weighted by molar-refractivity contribution is -0.385. The van der Waals surface area contributed by atoms with Crippen LogP contribution in [0.5, 0.6) is 0 Å². The molecule has 0 unspecified atom stereocenters. The number of benzene rings is 2. The number of nitro benzene ring substituents is 1. The van der Waals surface area contributed by atoms with Gasteiger partial charge in [0.2, 0.25) is 0 Å². The second-order valence-electron chi connectivity index (χ2n) is 7.93.